The number of nitrogens with one attached hydrogen (secondary N) is 1. The molecular weight excluding hydrogens is 318 g/mol. The second kappa shape index (κ2) is 6.76. The molecule has 0 aliphatic heterocycles. The Labute approximate surface area is 135 Å². The Balaban J connectivity index is 2.20. The van der Waals surface area contributed by atoms with E-state index in [1.807, 2.05) is 0 Å². The highest BCUT2D eigenvalue weighted by Gasteiger charge is 2.18. The van der Waals surface area contributed by atoms with Crippen molar-refractivity contribution in [3.05, 3.63) is 48.2 Å². The quantitative estimate of drug-likeness (QED) is 0.896. The molecule has 0 fully saturated rings. The number of carbonyl (C=O) groups is 1. The molecule has 8 heteroatoms. The van der Waals surface area contributed by atoms with Crippen LogP contribution in [0.1, 0.15) is 10.4 Å². The van der Waals surface area contributed by atoms with Crippen molar-refractivity contribution >= 4 is 21.7 Å². The summed E-state index contributed by atoms with van der Waals surface area (Å²) in [5, 5.41) is 2.60. The molecule has 122 valence electrons. The first-order valence-corrected chi connectivity index (χ1v) is 8.13. The molecule has 0 radical (unpaired) electrons. The summed E-state index contributed by atoms with van der Waals surface area (Å²) in [5.41, 5.74) is 0.363. The number of hydrogen-bond acceptors (Lipinski definition) is 5. The number of sulfonamides is 1. The number of nitrogens with zero attached hydrogens (tertiary/aromatic N) is 2. The number of methoxy groups -OCH3 is 1. The van der Waals surface area contributed by atoms with Gasteiger partial charge in [-0.15, -0.1) is 0 Å². The monoisotopic (exact) mass is 335 g/mol. The van der Waals surface area contributed by atoms with Crippen LogP contribution in [0.2, 0.25) is 0 Å². The van der Waals surface area contributed by atoms with Gasteiger partial charge < -0.3 is 10.1 Å². The molecule has 0 bridgehead atoms. The van der Waals surface area contributed by atoms with Gasteiger partial charge in [0.15, 0.2) is 0 Å². The van der Waals surface area contributed by atoms with Crippen LogP contribution in [0.25, 0.3) is 0 Å². The van der Waals surface area contributed by atoms with Gasteiger partial charge in [-0.25, -0.2) is 17.7 Å². The van der Waals surface area contributed by atoms with Crippen LogP contribution >= 0.6 is 0 Å². The largest absolute Gasteiger partial charge is 0.496 e. The average molecular weight is 335 g/mol. The Morgan fingerprint density at radius 2 is 1.87 bits per heavy atom. The van der Waals surface area contributed by atoms with Crippen LogP contribution in [0.15, 0.2) is 47.5 Å². The van der Waals surface area contributed by atoms with E-state index in [-0.39, 0.29) is 10.7 Å². The van der Waals surface area contributed by atoms with E-state index in [1.165, 1.54) is 39.5 Å². The van der Waals surface area contributed by atoms with E-state index in [4.69, 9.17) is 4.74 Å². The molecule has 0 aliphatic carbocycles. The summed E-state index contributed by atoms with van der Waals surface area (Å²) < 4.78 is 30.1. The molecule has 0 spiro atoms. The highest BCUT2D eigenvalue weighted by Crippen LogP contribution is 2.19. The van der Waals surface area contributed by atoms with Crippen molar-refractivity contribution in [1.82, 2.24) is 9.29 Å². The second-order valence-electron chi connectivity index (χ2n) is 4.82. The summed E-state index contributed by atoms with van der Waals surface area (Å²) in [6, 6.07) is 9.60. The van der Waals surface area contributed by atoms with Crippen molar-refractivity contribution < 1.29 is 17.9 Å². The molecular formula is C15H17N3O4S. The lowest BCUT2D eigenvalue weighted by molar-refractivity contribution is 0.102. The van der Waals surface area contributed by atoms with Gasteiger partial charge in [0.25, 0.3) is 5.91 Å². The third-order valence-corrected chi connectivity index (χ3v) is 4.91. The number of carbonyl (C=O) groups excluding carboxylic acids is 1. The van der Waals surface area contributed by atoms with Crippen LogP contribution in [-0.2, 0) is 10.0 Å². The van der Waals surface area contributed by atoms with Crippen molar-refractivity contribution in [2.24, 2.45) is 0 Å². The molecule has 1 heterocycles. The molecule has 23 heavy (non-hydrogen) atoms. The Morgan fingerprint density at radius 3 is 2.43 bits per heavy atom. The molecule has 2 rings (SSSR count). The van der Waals surface area contributed by atoms with Gasteiger partial charge in [0.1, 0.15) is 16.5 Å². The fraction of sp³-hybridized carbons (Fsp3) is 0.200. The van der Waals surface area contributed by atoms with Crippen LogP contribution in [-0.4, -0.2) is 44.8 Å². The number of para-hydroxylation sites is 1. The normalized spacial score (nSPS) is 11.3. The summed E-state index contributed by atoms with van der Waals surface area (Å²) >= 11 is 0. The van der Waals surface area contributed by atoms with Gasteiger partial charge in [-0.05, 0) is 24.3 Å². The minimum atomic E-state index is -3.55. The molecule has 0 saturated heterocycles. The highest BCUT2D eigenvalue weighted by atomic mass is 32.2. The Bertz CT molecular complexity index is 802. The first-order valence-electron chi connectivity index (χ1n) is 6.69. The van der Waals surface area contributed by atoms with E-state index in [9.17, 15) is 13.2 Å². The zero-order chi connectivity index (χ0) is 17.0. The maximum atomic E-state index is 12.2. The van der Waals surface area contributed by atoms with Crippen LogP contribution < -0.4 is 10.1 Å². The summed E-state index contributed by atoms with van der Waals surface area (Å²) in [5.74, 6) is 0.300. The lowest BCUT2D eigenvalue weighted by Crippen LogP contribution is -2.22. The maximum Gasteiger partial charge on any atom is 0.260 e. The standard InChI is InChI=1S/C15H17N3O4S/c1-18(2)23(20,21)11-8-9-14(16-10-11)17-15(19)12-6-4-5-7-13(12)22-3/h4-10H,1-3H3,(H,16,17,19). The van der Waals surface area contributed by atoms with Crippen molar-refractivity contribution in [1.29, 1.82) is 0 Å². The van der Waals surface area contributed by atoms with Crippen LogP contribution in [0.5, 0.6) is 5.75 Å². The second-order valence-corrected chi connectivity index (χ2v) is 6.97. The molecule has 0 saturated carbocycles. The van der Waals surface area contributed by atoms with E-state index < -0.39 is 15.9 Å². The first kappa shape index (κ1) is 16.9. The number of rotatable bonds is 5. The SMILES string of the molecule is COc1ccccc1C(=O)Nc1ccc(S(=O)(=O)N(C)C)cn1. The van der Waals surface area contributed by atoms with Crippen LogP contribution in [0.3, 0.4) is 0 Å². The molecule has 7 nitrogen and oxygen atoms in total. The van der Waals surface area contributed by atoms with E-state index in [0.29, 0.717) is 11.3 Å². The van der Waals surface area contributed by atoms with Gasteiger partial charge >= 0.3 is 0 Å². The fourth-order valence-corrected chi connectivity index (χ4v) is 2.68. The zero-order valence-corrected chi connectivity index (χ0v) is 13.8. The van der Waals surface area contributed by atoms with Gasteiger partial charge in [-0.3, -0.25) is 4.79 Å². The summed E-state index contributed by atoms with van der Waals surface area (Å²) in [6.07, 6.45) is 1.20. The van der Waals surface area contributed by atoms with E-state index in [1.54, 1.807) is 24.3 Å². The number of aromatic nitrogens is 1. The Morgan fingerprint density at radius 1 is 1.17 bits per heavy atom. The fourth-order valence-electron chi connectivity index (χ4n) is 1.83. The van der Waals surface area contributed by atoms with E-state index >= 15 is 0 Å². The summed E-state index contributed by atoms with van der Waals surface area (Å²) in [4.78, 5) is 16.2. The average Bonchev–Trinajstić information content (AvgIpc) is 2.55. The minimum absolute atomic E-state index is 0.0535. The third kappa shape index (κ3) is 3.66. The smallest absolute Gasteiger partial charge is 0.260 e. The topological polar surface area (TPSA) is 88.6 Å². The molecule has 2 aromatic rings. The van der Waals surface area contributed by atoms with Crippen molar-refractivity contribution in [2.75, 3.05) is 26.5 Å². The molecule has 1 N–H and O–H groups in total. The molecule has 0 atom stereocenters. The molecule has 0 aliphatic rings. The third-order valence-electron chi connectivity index (χ3n) is 3.11. The summed E-state index contributed by atoms with van der Waals surface area (Å²) in [6.45, 7) is 0. The molecule has 0 unspecified atom stereocenters. The van der Waals surface area contributed by atoms with Gasteiger partial charge in [0.05, 0.1) is 12.7 Å². The van der Waals surface area contributed by atoms with Crippen LogP contribution in [0, 0.1) is 0 Å². The van der Waals surface area contributed by atoms with Crippen LogP contribution in [0.4, 0.5) is 5.82 Å². The number of anilines is 1. The predicted octanol–water partition coefficient (Wildman–Crippen LogP) is 1.59. The highest BCUT2D eigenvalue weighted by molar-refractivity contribution is 7.89. The van der Waals surface area contributed by atoms with Gasteiger partial charge in [0.2, 0.25) is 10.0 Å². The lowest BCUT2D eigenvalue weighted by atomic mass is 10.2. The number of ether oxygens (including phenoxy) is 1. The first-order chi connectivity index (χ1) is 10.9. The zero-order valence-electron chi connectivity index (χ0n) is 13.0. The molecule has 1 amide bonds. The van der Waals surface area contributed by atoms with E-state index in [2.05, 4.69) is 10.3 Å². The van der Waals surface area contributed by atoms with E-state index in [0.717, 1.165) is 4.31 Å². The van der Waals surface area contributed by atoms with Crippen molar-refractivity contribution in [2.45, 2.75) is 4.90 Å². The van der Waals surface area contributed by atoms with Gasteiger partial charge in [0, 0.05) is 20.3 Å². The Hall–Kier alpha value is -2.45. The van der Waals surface area contributed by atoms with Gasteiger partial charge in [-0.1, -0.05) is 12.1 Å². The maximum absolute atomic E-state index is 12.2. The predicted molar refractivity (Wildman–Crippen MR) is 86.1 cm³/mol. The Kier molecular flexibility index (Phi) is 4.97. The molecule has 1 aromatic carbocycles. The molecule has 1 aromatic heterocycles. The van der Waals surface area contributed by atoms with Gasteiger partial charge in [-0.2, -0.15) is 0 Å². The van der Waals surface area contributed by atoms with Crippen molar-refractivity contribution in [3.63, 3.8) is 0 Å². The number of benzene rings is 1. The number of hydrogen-bond donors (Lipinski definition) is 1. The summed E-state index contributed by atoms with van der Waals surface area (Å²) in [7, 11) is 0.805. The number of pyridine rings is 1. The minimum Gasteiger partial charge on any atom is -0.496 e. The lowest BCUT2D eigenvalue weighted by Gasteiger charge is -2.12. The number of amides is 1. The van der Waals surface area contributed by atoms with Crippen molar-refractivity contribution in [3.8, 4) is 5.75 Å².